The van der Waals surface area contributed by atoms with E-state index in [0.717, 1.165) is 45.3 Å². The molecule has 1 amide bonds. The van der Waals surface area contributed by atoms with Crippen LogP contribution in [0.3, 0.4) is 0 Å². The van der Waals surface area contributed by atoms with E-state index in [1.807, 2.05) is 4.90 Å². The number of amides is 1. The maximum atomic E-state index is 12.4. The zero-order valence-corrected chi connectivity index (χ0v) is 12.0. The molecule has 0 aromatic rings. The third-order valence-electron chi connectivity index (χ3n) is 4.31. The molecule has 1 saturated heterocycles. The number of aliphatic hydroxyl groups excluding tert-OH is 1. The van der Waals surface area contributed by atoms with Crippen molar-refractivity contribution in [2.45, 2.75) is 39.0 Å². The van der Waals surface area contributed by atoms with Crippen LogP contribution in [0.2, 0.25) is 0 Å². The van der Waals surface area contributed by atoms with Crippen LogP contribution in [0.1, 0.15) is 39.0 Å². The largest absolute Gasteiger partial charge is 0.396 e. The minimum absolute atomic E-state index is 0.234. The summed E-state index contributed by atoms with van der Waals surface area (Å²) in [6.07, 6.45) is 7.57. The van der Waals surface area contributed by atoms with Crippen molar-refractivity contribution in [1.29, 1.82) is 0 Å². The van der Waals surface area contributed by atoms with Gasteiger partial charge in [-0.05, 0) is 58.0 Å². The predicted octanol–water partition coefficient (Wildman–Crippen LogP) is 1.61. The normalized spacial score (nSPS) is 21.5. The van der Waals surface area contributed by atoms with Crippen LogP contribution in [0.25, 0.3) is 0 Å². The second-order valence-electron chi connectivity index (χ2n) is 5.63. The number of carbonyl (C=O) groups excluding carboxylic acids is 1. The molecule has 108 valence electrons. The van der Waals surface area contributed by atoms with E-state index in [-0.39, 0.29) is 12.5 Å². The third kappa shape index (κ3) is 3.80. The van der Waals surface area contributed by atoms with Crippen LogP contribution in [-0.2, 0) is 4.79 Å². The first-order valence-corrected chi connectivity index (χ1v) is 7.57. The quantitative estimate of drug-likeness (QED) is 0.822. The average Bonchev–Trinajstić information content (AvgIpc) is 2.94. The van der Waals surface area contributed by atoms with Gasteiger partial charge in [-0.2, -0.15) is 0 Å². The van der Waals surface area contributed by atoms with Gasteiger partial charge in [0.05, 0.1) is 6.54 Å². The van der Waals surface area contributed by atoms with Crippen molar-refractivity contribution >= 4 is 5.91 Å². The Morgan fingerprint density at radius 3 is 2.74 bits per heavy atom. The van der Waals surface area contributed by atoms with Gasteiger partial charge >= 0.3 is 0 Å². The Kier molecular flexibility index (Phi) is 5.40. The lowest BCUT2D eigenvalue weighted by molar-refractivity contribution is -0.130. The standard InChI is InChI=1S/C15H26N2O2/c1-2-17(14-5-3-4-6-14)15(19)11-16-9-7-13(12-18)8-10-16/h5,13,18H,2-4,6-12H2,1H3. The zero-order valence-electron chi connectivity index (χ0n) is 12.0. The van der Waals surface area contributed by atoms with Crippen LogP contribution in [-0.4, -0.2) is 53.6 Å². The van der Waals surface area contributed by atoms with Gasteiger partial charge in [-0.25, -0.2) is 0 Å². The molecule has 4 nitrogen and oxygen atoms in total. The molecule has 0 radical (unpaired) electrons. The van der Waals surface area contributed by atoms with Gasteiger partial charge in [0.15, 0.2) is 0 Å². The van der Waals surface area contributed by atoms with E-state index in [0.29, 0.717) is 12.5 Å². The lowest BCUT2D eigenvalue weighted by Crippen LogP contribution is -2.43. The molecule has 1 N–H and O–H groups in total. The fraction of sp³-hybridized carbons (Fsp3) is 0.800. The Labute approximate surface area is 116 Å². The van der Waals surface area contributed by atoms with Gasteiger partial charge in [-0.3, -0.25) is 9.69 Å². The van der Waals surface area contributed by atoms with E-state index in [2.05, 4.69) is 17.9 Å². The molecule has 0 aromatic heterocycles. The number of nitrogens with zero attached hydrogens (tertiary/aromatic N) is 2. The summed E-state index contributed by atoms with van der Waals surface area (Å²) < 4.78 is 0. The number of carbonyl (C=O) groups is 1. The fourth-order valence-electron chi connectivity index (χ4n) is 3.04. The van der Waals surface area contributed by atoms with E-state index in [9.17, 15) is 4.79 Å². The first kappa shape index (κ1) is 14.5. The van der Waals surface area contributed by atoms with Crippen LogP contribution in [0, 0.1) is 5.92 Å². The van der Waals surface area contributed by atoms with Crippen LogP contribution >= 0.6 is 0 Å². The van der Waals surface area contributed by atoms with Gasteiger partial charge < -0.3 is 10.0 Å². The summed E-state index contributed by atoms with van der Waals surface area (Å²) in [6.45, 7) is 5.52. The Morgan fingerprint density at radius 1 is 1.47 bits per heavy atom. The second kappa shape index (κ2) is 7.06. The lowest BCUT2D eigenvalue weighted by atomic mass is 9.98. The molecule has 19 heavy (non-hydrogen) atoms. The number of likely N-dealkylation sites (N-methyl/N-ethyl adjacent to an activating group) is 1. The van der Waals surface area contributed by atoms with Crippen LogP contribution in [0.4, 0.5) is 0 Å². The first-order chi connectivity index (χ1) is 9.24. The highest BCUT2D eigenvalue weighted by molar-refractivity contribution is 5.80. The Hall–Kier alpha value is -0.870. The smallest absolute Gasteiger partial charge is 0.240 e. The number of aliphatic hydroxyl groups is 1. The summed E-state index contributed by atoms with van der Waals surface area (Å²) in [4.78, 5) is 16.6. The summed E-state index contributed by atoms with van der Waals surface area (Å²) in [5.41, 5.74) is 1.22. The first-order valence-electron chi connectivity index (χ1n) is 7.57. The van der Waals surface area contributed by atoms with E-state index in [1.54, 1.807) is 0 Å². The van der Waals surface area contributed by atoms with Gasteiger partial charge in [0.25, 0.3) is 0 Å². The molecule has 0 atom stereocenters. The van der Waals surface area contributed by atoms with Crippen molar-refractivity contribution in [2.24, 2.45) is 5.92 Å². The summed E-state index contributed by atoms with van der Waals surface area (Å²) in [5.74, 6) is 0.671. The van der Waals surface area contributed by atoms with Crippen molar-refractivity contribution in [3.05, 3.63) is 11.8 Å². The van der Waals surface area contributed by atoms with Crippen molar-refractivity contribution in [3.8, 4) is 0 Å². The van der Waals surface area contributed by atoms with E-state index < -0.39 is 0 Å². The molecule has 1 aliphatic carbocycles. The Balaban J connectivity index is 1.83. The fourth-order valence-corrected chi connectivity index (χ4v) is 3.04. The Morgan fingerprint density at radius 2 is 2.21 bits per heavy atom. The van der Waals surface area contributed by atoms with E-state index in [4.69, 9.17) is 5.11 Å². The van der Waals surface area contributed by atoms with Gasteiger partial charge in [0.2, 0.25) is 5.91 Å². The van der Waals surface area contributed by atoms with Gasteiger partial charge in [0.1, 0.15) is 0 Å². The average molecular weight is 266 g/mol. The second-order valence-corrected chi connectivity index (χ2v) is 5.63. The van der Waals surface area contributed by atoms with Gasteiger partial charge in [0, 0.05) is 18.8 Å². The van der Waals surface area contributed by atoms with E-state index >= 15 is 0 Å². The van der Waals surface area contributed by atoms with Crippen LogP contribution in [0.15, 0.2) is 11.8 Å². The maximum Gasteiger partial charge on any atom is 0.240 e. The highest BCUT2D eigenvalue weighted by Crippen LogP contribution is 2.22. The summed E-state index contributed by atoms with van der Waals surface area (Å²) in [6, 6.07) is 0. The highest BCUT2D eigenvalue weighted by Gasteiger charge is 2.24. The number of likely N-dealkylation sites (tertiary alicyclic amines) is 1. The number of hydrogen-bond acceptors (Lipinski definition) is 3. The minimum Gasteiger partial charge on any atom is -0.396 e. The highest BCUT2D eigenvalue weighted by atomic mass is 16.3. The Bertz CT molecular complexity index is 333. The van der Waals surface area contributed by atoms with Crippen molar-refractivity contribution in [2.75, 3.05) is 32.8 Å². The topological polar surface area (TPSA) is 43.8 Å². The van der Waals surface area contributed by atoms with E-state index in [1.165, 1.54) is 12.1 Å². The summed E-state index contributed by atoms with van der Waals surface area (Å²) in [5, 5.41) is 9.13. The number of allylic oxidation sites excluding steroid dienone is 2. The van der Waals surface area contributed by atoms with Crippen molar-refractivity contribution in [3.63, 3.8) is 0 Å². The number of piperidine rings is 1. The molecule has 0 unspecified atom stereocenters. The molecule has 0 saturated carbocycles. The number of hydrogen-bond donors (Lipinski definition) is 1. The van der Waals surface area contributed by atoms with Gasteiger partial charge in [-0.1, -0.05) is 6.08 Å². The monoisotopic (exact) mass is 266 g/mol. The third-order valence-corrected chi connectivity index (χ3v) is 4.31. The molecule has 2 rings (SSSR count). The molecule has 2 aliphatic rings. The molecule has 0 bridgehead atoms. The summed E-state index contributed by atoms with van der Waals surface area (Å²) in [7, 11) is 0. The van der Waals surface area contributed by atoms with Crippen LogP contribution in [0.5, 0.6) is 0 Å². The molecule has 1 aliphatic heterocycles. The predicted molar refractivity (Wildman–Crippen MR) is 75.6 cm³/mol. The molecule has 1 heterocycles. The van der Waals surface area contributed by atoms with Crippen molar-refractivity contribution < 1.29 is 9.90 Å². The number of rotatable bonds is 5. The molecule has 0 aromatic carbocycles. The molecular formula is C15H26N2O2. The molecular weight excluding hydrogens is 240 g/mol. The van der Waals surface area contributed by atoms with Gasteiger partial charge in [-0.15, -0.1) is 0 Å². The molecule has 0 spiro atoms. The summed E-state index contributed by atoms with van der Waals surface area (Å²) >= 11 is 0. The lowest BCUT2D eigenvalue weighted by Gasteiger charge is -2.32. The van der Waals surface area contributed by atoms with Crippen molar-refractivity contribution in [1.82, 2.24) is 9.80 Å². The molecule has 4 heteroatoms. The molecule has 1 fully saturated rings. The minimum atomic E-state index is 0.234. The zero-order chi connectivity index (χ0) is 13.7. The maximum absolute atomic E-state index is 12.4. The SMILES string of the molecule is CCN(C(=O)CN1CCC(CO)CC1)C1=CCCC1. The van der Waals surface area contributed by atoms with Crippen LogP contribution < -0.4 is 0 Å².